The minimum absolute atomic E-state index is 0.707. The molecular formula is C12H11BrN4OS. The second-order valence-corrected chi connectivity index (χ2v) is 5.41. The number of nitrogens with zero attached hydrogens (tertiary/aromatic N) is 4. The molecule has 0 radical (unpaired) electrons. The molecule has 0 N–H and O–H groups in total. The third kappa shape index (κ3) is 2.28. The number of benzene rings is 1. The lowest BCUT2D eigenvalue weighted by Crippen LogP contribution is -2.13. The van der Waals surface area contributed by atoms with E-state index in [1.165, 1.54) is 0 Å². The molecule has 1 aliphatic heterocycles. The van der Waals surface area contributed by atoms with Crippen molar-refractivity contribution in [1.29, 1.82) is 0 Å². The number of thioether (sulfide) groups is 1. The summed E-state index contributed by atoms with van der Waals surface area (Å²) in [7, 11) is 1.65. The van der Waals surface area contributed by atoms with Crippen molar-refractivity contribution in [3.05, 3.63) is 24.3 Å². The zero-order chi connectivity index (χ0) is 13.2. The average Bonchev–Trinajstić information content (AvgIpc) is 2.89. The maximum atomic E-state index is 5.37. The van der Waals surface area contributed by atoms with E-state index in [1.807, 2.05) is 24.3 Å². The molecule has 0 aliphatic carbocycles. The van der Waals surface area contributed by atoms with Crippen LogP contribution in [0, 0.1) is 0 Å². The summed E-state index contributed by atoms with van der Waals surface area (Å²) in [5, 5.41) is 14.5. The maximum absolute atomic E-state index is 5.37. The van der Waals surface area contributed by atoms with Gasteiger partial charge in [-0.05, 0) is 12.1 Å². The van der Waals surface area contributed by atoms with E-state index in [9.17, 15) is 0 Å². The van der Waals surface area contributed by atoms with Gasteiger partial charge in [0.25, 0.3) is 0 Å². The number of methoxy groups -OCH3 is 1. The predicted molar refractivity (Wildman–Crippen MR) is 79.4 cm³/mol. The van der Waals surface area contributed by atoms with E-state index in [-0.39, 0.29) is 0 Å². The van der Waals surface area contributed by atoms with Gasteiger partial charge < -0.3 is 4.74 Å². The van der Waals surface area contributed by atoms with E-state index in [0.29, 0.717) is 5.82 Å². The largest absolute Gasteiger partial charge is 0.496 e. The summed E-state index contributed by atoms with van der Waals surface area (Å²) in [6.07, 6.45) is 0. The third-order valence-corrected chi connectivity index (χ3v) is 4.36. The van der Waals surface area contributed by atoms with Crippen LogP contribution in [0.5, 0.6) is 5.75 Å². The summed E-state index contributed by atoms with van der Waals surface area (Å²) >= 11 is 5.08. The molecule has 0 atom stereocenters. The molecule has 0 unspecified atom stereocenters. The van der Waals surface area contributed by atoms with Crippen molar-refractivity contribution in [2.75, 3.05) is 18.2 Å². The number of hydrogen-bond acceptors (Lipinski definition) is 5. The Hall–Kier alpha value is -1.34. The van der Waals surface area contributed by atoms with Crippen molar-refractivity contribution >= 4 is 33.4 Å². The van der Waals surface area contributed by atoms with Gasteiger partial charge in [-0.25, -0.2) is 0 Å². The van der Waals surface area contributed by atoms with Crippen LogP contribution in [0.1, 0.15) is 0 Å². The number of halogens is 1. The third-order valence-electron chi connectivity index (χ3n) is 2.72. The molecule has 0 amide bonds. The van der Waals surface area contributed by atoms with Crippen LogP contribution in [0.25, 0.3) is 11.4 Å². The smallest absolute Gasteiger partial charge is 0.212 e. The van der Waals surface area contributed by atoms with Gasteiger partial charge in [-0.3, -0.25) is 0 Å². The SMILES string of the molecule is COc1ccccc1-c1nnc2n1N=C(CBr)CS2. The molecule has 2 aromatic rings. The van der Waals surface area contributed by atoms with E-state index in [1.54, 1.807) is 23.5 Å². The van der Waals surface area contributed by atoms with Crippen LogP contribution in [-0.4, -0.2) is 38.8 Å². The van der Waals surface area contributed by atoms with Crippen LogP contribution in [0.4, 0.5) is 0 Å². The molecule has 7 heteroatoms. The first-order valence-electron chi connectivity index (χ1n) is 5.67. The zero-order valence-corrected chi connectivity index (χ0v) is 12.6. The minimum Gasteiger partial charge on any atom is -0.496 e. The summed E-state index contributed by atoms with van der Waals surface area (Å²) in [6, 6.07) is 7.74. The van der Waals surface area contributed by atoms with Crippen LogP contribution in [0.15, 0.2) is 34.5 Å². The summed E-state index contributed by atoms with van der Waals surface area (Å²) in [6.45, 7) is 0. The second-order valence-electron chi connectivity index (χ2n) is 3.91. The normalized spacial score (nSPS) is 13.9. The number of alkyl halides is 1. The standard InChI is InChI=1S/C12H11BrN4OS/c1-18-10-5-3-2-4-9(10)11-14-15-12-17(11)16-8(6-13)7-19-12/h2-5H,6-7H2,1H3. The van der Waals surface area contributed by atoms with Gasteiger partial charge in [0.1, 0.15) is 5.75 Å². The lowest BCUT2D eigenvalue weighted by Gasteiger charge is -2.13. The minimum atomic E-state index is 0.707. The fraction of sp³-hybridized carbons (Fsp3) is 0.250. The molecule has 0 bridgehead atoms. The fourth-order valence-electron chi connectivity index (χ4n) is 1.83. The monoisotopic (exact) mass is 338 g/mol. The fourth-order valence-corrected chi connectivity index (χ4v) is 3.20. The van der Waals surface area contributed by atoms with Crippen molar-refractivity contribution in [3.63, 3.8) is 0 Å². The molecule has 1 aromatic carbocycles. The lowest BCUT2D eigenvalue weighted by atomic mass is 10.2. The van der Waals surface area contributed by atoms with Gasteiger partial charge in [0, 0.05) is 11.1 Å². The Morgan fingerprint density at radius 2 is 2.21 bits per heavy atom. The van der Waals surface area contributed by atoms with E-state index in [4.69, 9.17) is 4.74 Å². The van der Waals surface area contributed by atoms with E-state index >= 15 is 0 Å². The highest BCUT2D eigenvalue weighted by Crippen LogP contribution is 2.32. The molecule has 1 aliphatic rings. The summed E-state index contributed by atoms with van der Waals surface area (Å²) in [4.78, 5) is 0. The quantitative estimate of drug-likeness (QED) is 0.807. The molecule has 2 heterocycles. The maximum Gasteiger partial charge on any atom is 0.212 e. The topological polar surface area (TPSA) is 52.3 Å². The van der Waals surface area contributed by atoms with E-state index in [0.717, 1.165) is 33.3 Å². The Kier molecular flexibility index (Phi) is 3.56. The first kappa shape index (κ1) is 12.7. The highest BCUT2D eigenvalue weighted by molar-refractivity contribution is 9.09. The molecule has 3 rings (SSSR count). The van der Waals surface area contributed by atoms with Crippen LogP contribution >= 0.6 is 27.7 Å². The van der Waals surface area contributed by atoms with Crippen molar-refractivity contribution < 1.29 is 4.74 Å². The van der Waals surface area contributed by atoms with Crippen LogP contribution in [0.3, 0.4) is 0 Å². The highest BCUT2D eigenvalue weighted by Gasteiger charge is 2.21. The number of fused-ring (bicyclic) bond motifs is 1. The molecule has 0 fully saturated rings. The van der Waals surface area contributed by atoms with Crippen LogP contribution < -0.4 is 4.74 Å². The van der Waals surface area contributed by atoms with Gasteiger partial charge in [-0.1, -0.05) is 39.8 Å². The first-order valence-corrected chi connectivity index (χ1v) is 7.78. The number of para-hydroxylation sites is 1. The molecule has 98 valence electrons. The van der Waals surface area contributed by atoms with E-state index < -0.39 is 0 Å². The Labute approximate surface area is 123 Å². The highest BCUT2D eigenvalue weighted by atomic mass is 79.9. The van der Waals surface area contributed by atoms with Crippen LogP contribution in [0.2, 0.25) is 0 Å². The first-order chi connectivity index (χ1) is 9.33. The van der Waals surface area contributed by atoms with Crippen molar-refractivity contribution in [3.8, 4) is 17.1 Å². The summed E-state index contributed by atoms with van der Waals surface area (Å²) in [5.41, 5.74) is 1.96. The molecule has 0 spiro atoms. The van der Waals surface area contributed by atoms with Crippen molar-refractivity contribution in [1.82, 2.24) is 14.9 Å². The molecule has 19 heavy (non-hydrogen) atoms. The van der Waals surface area contributed by atoms with Gasteiger partial charge in [0.05, 0.1) is 18.4 Å². The lowest BCUT2D eigenvalue weighted by molar-refractivity contribution is 0.416. The number of rotatable bonds is 3. The van der Waals surface area contributed by atoms with Gasteiger partial charge >= 0.3 is 0 Å². The number of aromatic nitrogens is 3. The van der Waals surface area contributed by atoms with Crippen molar-refractivity contribution in [2.24, 2.45) is 5.10 Å². The van der Waals surface area contributed by atoms with Crippen molar-refractivity contribution in [2.45, 2.75) is 5.16 Å². The second kappa shape index (κ2) is 5.34. The Morgan fingerprint density at radius 1 is 1.37 bits per heavy atom. The van der Waals surface area contributed by atoms with Gasteiger partial charge in [0.15, 0.2) is 5.82 Å². The molecule has 5 nitrogen and oxygen atoms in total. The summed E-state index contributed by atoms with van der Waals surface area (Å²) < 4.78 is 7.15. The molecule has 0 saturated carbocycles. The molecule has 0 saturated heterocycles. The van der Waals surface area contributed by atoms with E-state index in [2.05, 4.69) is 31.2 Å². The van der Waals surface area contributed by atoms with Crippen LogP contribution in [-0.2, 0) is 0 Å². The Morgan fingerprint density at radius 3 is 3.00 bits per heavy atom. The number of ether oxygens (including phenoxy) is 1. The molecular weight excluding hydrogens is 328 g/mol. The van der Waals surface area contributed by atoms with Gasteiger partial charge in [0.2, 0.25) is 5.16 Å². The predicted octanol–water partition coefficient (Wildman–Crippen LogP) is 2.66. The number of hydrogen-bond donors (Lipinski definition) is 0. The molecule has 1 aromatic heterocycles. The zero-order valence-electron chi connectivity index (χ0n) is 10.2. The summed E-state index contributed by atoms with van der Waals surface area (Å²) in [5.74, 6) is 2.32. The Balaban J connectivity index is 2.13. The van der Waals surface area contributed by atoms with Gasteiger partial charge in [-0.2, -0.15) is 9.78 Å². The Bertz CT molecular complexity index is 640. The van der Waals surface area contributed by atoms with Gasteiger partial charge in [-0.15, -0.1) is 10.2 Å². The average molecular weight is 339 g/mol.